The van der Waals surface area contributed by atoms with Crippen LogP contribution in [0.25, 0.3) is 0 Å². The molecular weight excluding hydrogens is 314 g/mol. The predicted molar refractivity (Wildman–Crippen MR) is 95.7 cm³/mol. The van der Waals surface area contributed by atoms with Crippen molar-refractivity contribution in [1.29, 1.82) is 0 Å². The van der Waals surface area contributed by atoms with E-state index < -0.39 is 0 Å². The van der Waals surface area contributed by atoms with E-state index in [9.17, 15) is 0 Å². The number of unbranched alkanes of at least 4 members (excludes halogenated alkanes) is 1. The summed E-state index contributed by atoms with van der Waals surface area (Å²) < 4.78 is 4.42. The van der Waals surface area contributed by atoms with Crippen molar-refractivity contribution in [3.63, 3.8) is 0 Å². The molecule has 0 saturated carbocycles. The number of benzene rings is 2. The topological polar surface area (TPSA) is 36.4 Å². The number of nitrogens with one attached hydrogen (secondary N) is 2. The van der Waals surface area contributed by atoms with Crippen molar-refractivity contribution in [2.75, 3.05) is 11.9 Å². The van der Waals surface area contributed by atoms with Gasteiger partial charge in [0.05, 0.1) is 10.6 Å². The average Bonchev–Trinajstić information content (AvgIpc) is 2.55. The van der Waals surface area contributed by atoms with Crippen molar-refractivity contribution in [2.45, 2.75) is 24.2 Å². The van der Waals surface area contributed by atoms with Crippen molar-refractivity contribution in [1.82, 2.24) is 5.32 Å². The fourth-order valence-electron chi connectivity index (χ4n) is 2.30. The van der Waals surface area contributed by atoms with Crippen LogP contribution in [0, 0.1) is 0 Å². The number of halogens is 1. The summed E-state index contributed by atoms with van der Waals surface area (Å²) in [6.07, 6.45) is 3.41. The maximum Gasteiger partial charge on any atom is 0.207 e. The standard InChI is InChI=1S/C17H18ClN3S/c18-14-9-10-15-16(12-14)22-21-17(20-15)19-11-5-4-8-13-6-2-1-3-7-13/h1-3,6-7,9-10,12H,4-5,8,11H2,(H2,19,20,21). The van der Waals surface area contributed by atoms with Gasteiger partial charge in [0.1, 0.15) is 0 Å². The predicted octanol–water partition coefficient (Wildman–Crippen LogP) is 4.74. The van der Waals surface area contributed by atoms with E-state index in [1.54, 1.807) is 0 Å². The van der Waals surface area contributed by atoms with Gasteiger partial charge in [0.25, 0.3) is 0 Å². The molecular formula is C17H18ClN3S. The van der Waals surface area contributed by atoms with Crippen molar-refractivity contribution >= 4 is 35.2 Å². The quantitative estimate of drug-likeness (QED) is 0.613. The molecule has 1 aliphatic rings. The SMILES string of the molecule is Clc1ccc2c(c1)SN=C(NCCCCc1ccccc1)N2. The van der Waals surface area contributed by atoms with Gasteiger partial charge in [-0.2, -0.15) is 4.40 Å². The molecule has 22 heavy (non-hydrogen) atoms. The first-order valence-corrected chi connectivity index (χ1v) is 8.56. The molecule has 0 aliphatic carbocycles. The first-order chi connectivity index (χ1) is 10.8. The molecule has 0 spiro atoms. The number of nitrogens with zero attached hydrogens (tertiary/aromatic N) is 1. The van der Waals surface area contributed by atoms with Gasteiger partial charge in [0.2, 0.25) is 5.96 Å². The third-order valence-corrected chi connectivity index (χ3v) is 4.50. The first kappa shape index (κ1) is 15.3. The van der Waals surface area contributed by atoms with Gasteiger partial charge in [-0.15, -0.1) is 0 Å². The van der Waals surface area contributed by atoms with Gasteiger partial charge < -0.3 is 10.6 Å². The molecule has 2 N–H and O–H groups in total. The number of anilines is 1. The Bertz CT molecular complexity index is 658. The summed E-state index contributed by atoms with van der Waals surface area (Å²) in [6.45, 7) is 0.919. The van der Waals surface area contributed by atoms with Gasteiger partial charge in [0, 0.05) is 23.5 Å². The lowest BCUT2D eigenvalue weighted by Gasteiger charge is -2.18. The molecule has 0 unspecified atom stereocenters. The van der Waals surface area contributed by atoms with Crippen LogP contribution in [0.2, 0.25) is 5.02 Å². The highest BCUT2D eigenvalue weighted by atomic mass is 35.5. The van der Waals surface area contributed by atoms with E-state index >= 15 is 0 Å². The monoisotopic (exact) mass is 331 g/mol. The Balaban J connectivity index is 1.40. The molecule has 3 nitrogen and oxygen atoms in total. The fourth-order valence-corrected chi connectivity index (χ4v) is 3.24. The molecule has 5 heteroatoms. The lowest BCUT2D eigenvalue weighted by atomic mass is 10.1. The number of fused-ring (bicyclic) bond motifs is 1. The van der Waals surface area contributed by atoms with E-state index in [0.717, 1.165) is 41.0 Å². The minimum atomic E-state index is 0.737. The average molecular weight is 332 g/mol. The summed E-state index contributed by atoms with van der Waals surface area (Å²) in [5.74, 6) is 0.819. The van der Waals surface area contributed by atoms with Crippen LogP contribution in [-0.2, 0) is 6.42 Å². The maximum atomic E-state index is 5.98. The highest BCUT2D eigenvalue weighted by molar-refractivity contribution is 7.98. The smallest absolute Gasteiger partial charge is 0.207 e. The third kappa shape index (κ3) is 4.18. The Morgan fingerprint density at radius 3 is 2.82 bits per heavy atom. The minimum Gasteiger partial charge on any atom is -0.355 e. The van der Waals surface area contributed by atoms with Gasteiger partial charge in [-0.25, -0.2) is 0 Å². The highest BCUT2D eigenvalue weighted by Gasteiger charge is 2.12. The molecule has 0 saturated heterocycles. The van der Waals surface area contributed by atoms with Crippen LogP contribution < -0.4 is 10.6 Å². The molecule has 2 aromatic carbocycles. The Hall–Kier alpha value is -1.65. The van der Waals surface area contributed by atoms with Gasteiger partial charge in [-0.1, -0.05) is 41.9 Å². The molecule has 0 aromatic heterocycles. The van der Waals surface area contributed by atoms with E-state index in [1.165, 1.54) is 23.9 Å². The zero-order chi connectivity index (χ0) is 15.2. The molecule has 2 aromatic rings. The number of aryl methyl sites for hydroxylation is 1. The second kappa shape index (κ2) is 7.56. The number of hydrogen-bond acceptors (Lipinski definition) is 4. The minimum absolute atomic E-state index is 0.737. The summed E-state index contributed by atoms with van der Waals surface area (Å²) in [6, 6.07) is 16.4. The van der Waals surface area contributed by atoms with Crippen LogP contribution in [0.1, 0.15) is 18.4 Å². The summed E-state index contributed by atoms with van der Waals surface area (Å²) in [5, 5.41) is 7.38. The van der Waals surface area contributed by atoms with Gasteiger partial charge in [-0.05, 0) is 43.0 Å². The van der Waals surface area contributed by atoms with E-state index in [1.807, 2.05) is 18.2 Å². The molecule has 0 fully saturated rings. The summed E-state index contributed by atoms with van der Waals surface area (Å²) >= 11 is 7.43. The lowest BCUT2D eigenvalue weighted by molar-refractivity contribution is 0.709. The summed E-state index contributed by atoms with van der Waals surface area (Å²) in [4.78, 5) is 1.06. The Labute approximate surface area is 140 Å². The number of guanidine groups is 1. The molecule has 1 aliphatic heterocycles. The molecule has 0 bridgehead atoms. The van der Waals surface area contributed by atoms with Crippen LogP contribution in [0.4, 0.5) is 5.69 Å². The van der Waals surface area contributed by atoms with Crippen LogP contribution >= 0.6 is 23.5 Å². The summed E-state index contributed by atoms with van der Waals surface area (Å²) in [5.41, 5.74) is 2.45. The number of hydrogen-bond donors (Lipinski definition) is 2. The third-order valence-electron chi connectivity index (χ3n) is 3.46. The second-order valence-corrected chi connectivity index (χ2v) is 6.41. The Kier molecular flexibility index (Phi) is 5.24. The van der Waals surface area contributed by atoms with Crippen LogP contribution in [0.15, 0.2) is 57.8 Å². The zero-order valence-corrected chi connectivity index (χ0v) is 13.8. The zero-order valence-electron chi connectivity index (χ0n) is 12.2. The van der Waals surface area contributed by atoms with Gasteiger partial charge in [-0.3, -0.25) is 0 Å². The normalized spacial score (nSPS) is 13.0. The van der Waals surface area contributed by atoms with E-state index in [-0.39, 0.29) is 0 Å². The fraction of sp³-hybridized carbons (Fsp3) is 0.235. The van der Waals surface area contributed by atoms with E-state index in [2.05, 4.69) is 45.4 Å². The van der Waals surface area contributed by atoms with Crippen molar-refractivity contribution in [2.24, 2.45) is 4.40 Å². The van der Waals surface area contributed by atoms with Crippen molar-refractivity contribution in [3.8, 4) is 0 Å². The number of rotatable bonds is 5. The van der Waals surface area contributed by atoms with E-state index in [4.69, 9.17) is 11.6 Å². The second-order valence-electron chi connectivity index (χ2n) is 5.17. The highest BCUT2D eigenvalue weighted by Crippen LogP contribution is 2.33. The van der Waals surface area contributed by atoms with E-state index in [0.29, 0.717) is 0 Å². The molecule has 0 amide bonds. The maximum absolute atomic E-state index is 5.98. The van der Waals surface area contributed by atoms with Gasteiger partial charge >= 0.3 is 0 Å². The summed E-state index contributed by atoms with van der Waals surface area (Å²) in [7, 11) is 0. The molecule has 114 valence electrons. The van der Waals surface area contributed by atoms with Crippen LogP contribution in [0.3, 0.4) is 0 Å². The van der Waals surface area contributed by atoms with Crippen LogP contribution in [0.5, 0.6) is 0 Å². The van der Waals surface area contributed by atoms with Crippen molar-refractivity contribution < 1.29 is 0 Å². The molecule has 0 atom stereocenters. The largest absolute Gasteiger partial charge is 0.355 e. The molecule has 0 radical (unpaired) electrons. The van der Waals surface area contributed by atoms with Crippen molar-refractivity contribution in [3.05, 3.63) is 59.1 Å². The Morgan fingerprint density at radius 1 is 1.09 bits per heavy atom. The molecule has 3 rings (SSSR count). The van der Waals surface area contributed by atoms with Crippen LogP contribution in [-0.4, -0.2) is 12.5 Å². The first-order valence-electron chi connectivity index (χ1n) is 7.41. The lowest BCUT2D eigenvalue weighted by Crippen LogP contribution is -2.32. The Morgan fingerprint density at radius 2 is 1.95 bits per heavy atom. The van der Waals surface area contributed by atoms with Gasteiger partial charge in [0.15, 0.2) is 0 Å². The molecule has 1 heterocycles.